The van der Waals surface area contributed by atoms with E-state index in [4.69, 9.17) is 0 Å². The summed E-state index contributed by atoms with van der Waals surface area (Å²) < 4.78 is 266. The molecule has 0 saturated carbocycles. The van der Waals surface area contributed by atoms with Crippen LogP contribution in [0.4, 0.5) is 38.9 Å². The second-order valence-electron chi connectivity index (χ2n) is 19.5. The van der Waals surface area contributed by atoms with Crippen molar-refractivity contribution in [2.75, 3.05) is 30.7 Å². The van der Waals surface area contributed by atoms with Gasteiger partial charge in [-0.2, -0.15) is 50.5 Å². The van der Waals surface area contributed by atoms with Crippen LogP contribution in [0.5, 0.6) is 0 Å². The van der Waals surface area contributed by atoms with Gasteiger partial charge in [0.15, 0.2) is 0 Å². The molecule has 476 valence electrons. The number of carbonyl (C=O) groups is 3. The van der Waals surface area contributed by atoms with Crippen LogP contribution >= 0.6 is 0 Å². The third-order valence-electron chi connectivity index (χ3n) is 13.3. The Morgan fingerprint density at radius 1 is 0.300 bits per heavy atom. The summed E-state index contributed by atoms with van der Waals surface area (Å²) >= 11 is 0. The highest BCUT2D eigenvalue weighted by Crippen LogP contribution is 2.40. The van der Waals surface area contributed by atoms with Gasteiger partial charge in [0, 0.05) is 55.4 Å². The fraction of sp³-hybridized carbons (Fsp3) is 0.0784. The summed E-state index contributed by atoms with van der Waals surface area (Å²) in [5, 5.41) is 6.43. The Morgan fingerprint density at radius 3 is 0.900 bits per heavy atom. The first kappa shape index (κ1) is 67.4. The molecule has 8 aromatic carbocycles. The van der Waals surface area contributed by atoms with Crippen LogP contribution in [0.15, 0.2) is 160 Å². The van der Waals surface area contributed by atoms with E-state index in [1.807, 2.05) is 9.44 Å². The van der Waals surface area contributed by atoms with Gasteiger partial charge in [0.2, 0.25) is 0 Å². The number of hydrogen-bond acceptors (Lipinski definition) is 19. The van der Waals surface area contributed by atoms with Crippen LogP contribution in [-0.4, -0.2) is 113 Å². The maximum atomic E-state index is 13.9. The van der Waals surface area contributed by atoms with Crippen molar-refractivity contribution in [2.24, 2.45) is 0 Å². The molecule has 0 atom stereocenters. The monoisotopic (exact) mass is 1400 g/mol. The molecule has 12 N–H and O–H groups in total. The van der Waals surface area contributed by atoms with E-state index < -0.39 is 171 Å². The summed E-state index contributed by atoms with van der Waals surface area (Å²) in [5.74, 6) is -1.72. The Hall–Kier alpha value is -8.55. The van der Waals surface area contributed by atoms with Crippen molar-refractivity contribution in [3.05, 3.63) is 155 Å². The number of urea groups is 1. The molecule has 0 aliphatic rings. The molecule has 0 aliphatic heterocycles. The second kappa shape index (κ2) is 23.7. The van der Waals surface area contributed by atoms with Crippen LogP contribution in [0.1, 0.15) is 43.0 Å². The predicted octanol–water partition coefficient (Wildman–Crippen LogP) is 6.46. The first-order chi connectivity index (χ1) is 41.2. The minimum atomic E-state index is -5.56. The number of anilines is 6. The number of nitrogens with one attached hydrogen (secondary N) is 6. The van der Waals surface area contributed by atoms with Gasteiger partial charge in [-0.3, -0.25) is 46.3 Å². The highest BCUT2D eigenvalue weighted by Gasteiger charge is 2.31. The number of aryl methyl sites for hydroxylation is 4. The molecule has 8 aromatic rings. The molecule has 4 amide bonds. The van der Waals surface area contributed by atoms with Gasteiger partial charge in [-0.05, 0) is 147 Å². The number of amides is 4. The fourth-order valence-corrected chi connectivity index (χ4v) is 15.1. The zero-order chi connectivity index (χ0) is 67.0. The third-order valence-corrected chi connectivity index (χ3v) is 21.2. The number of carbonyl (C=O) groups excluding carboxylic acids is 3. The number of fused-ring (bicyclic) bond motifs is 2. The standard InChI is InChI=1S/C51H44N6O25S8/c1-25-5-9-29(49(58)52-41-21-31(11-7-27(41)3)83(61,62)56-37-13-15-43(87(71,72)73)35-19-33(85(65,66)67)23-45(47(35)37)89(77,78)79)17-39(25)54-51(60)55-40-18-30(10-6-26(40)2)50(59)53-42-22-32(12-8-28(42)4)84(63,64)57-38-14-16-44(88(74,75)76)36-20-34(86(68,69)70)24-46(48(36)38)90(80,81)82/h5-24,56-57H,1-4H3,(H,52,58)(H,53,59)(H2,54,55,60)(H,65,66,67)(H,68,69,70)(H,71,72,73)(H,74,75,76)(H,77,78,79)(H,80,81,82). The van der Waals surface area contributed by atoms with Crippen LogP contribution in [0.25, 0.3) is 21.5 Å². The molecule has 8 rings (SSSR count). The van der Waals surface area contributed by atoms with Crippen molar-refractivity contribution in [1.29, 1.82) is 0 Å². The van der Waals surface area contributed by atoms with Gasteiger partial charge >= 0.3 is 6.03 Å². The number of benzene rings is 8. The lowest BCUT2D eigenvalue weighted by Gasteiger charge is -2.17. The average Bonchev–Trinajstić information content (AvgIpc) is 0.752. The molecule has 0 radical (unpaired) electrons. The van der Waals surface area contributed by atoms with Crippen molar-refractivity contribution >= 4 is 154 Å². The lowest BCUT2D eigenvalue weighted by atomic mass is 10.1. The molecule has 0 unspecified atom stereocenters. The summed E-state index contributed by atoms with van der Waals surface area (Å²) in [6.07, 6.45) is 0. The summed E-state index contributed by atoms with van der Waals surface area (Å²) in [4.78, 5) is 32.3. The third kappa shape index (κ3) is 14.5. The molecule has 0 saturated heterocycles. The summed E-state index contributed by atoms with van der Waals surface area (Å²) in [7, 11) is -42.3. The molecule has 0 spiro atoms. The summed E-state index contributed by atoms with van der Waals surface area (Å²) in [6, 6.07) is 17.5. The van der Waals surface area contributed by atoms with E-state index in [1.54, 1.807) is 13.8 Å². The first-order valence-electron chi connectivity index (χ1n) is 24.5. The van der Waals surface area contributed by atoms with E-state index >= 15 is 0 Å². The fourth-order valence-electron chi connectivity index (χ4n) is 8.79. The Bertz CT molecular complexity index is 5120. The molecular weight excluding hydrogens is 1350 g/mol. The van der Waals surface area contributed by atoms with Gasteiger partial charge in [0.05, 0.1) is 31.0 Å². The minimum absolute atomic E-state index is 0.0671. The van der Waals surface area contributed by atoms with Crippen molar-refractivity contribution in [3.63, 3.8) is 0 Å². The second-order valence-corrected chi connectivity index (χ2v) is 31.2. The quantitative estimate of drug-likeness (QED) is 0.0410. The van der Waals surface area contributed by atoms with Crippen LogP contribution in [0.2, 0.25) is 0 Å². The van der Waals surface area contributed by atoms with E-state index in [9.17, 15) is 109 Å². The zero-order valence-electron chi connectivity index (χ0n) is 45.8. The maximum Gasteiger partial charge on any atom is 0.323 e. The molecule has 0 bridgehead atoms. The molecule has 0 aromatic heterocycles. The highest BCUT2D eigenvalue weighted by molar-refractivity contribution is 7.93. The van der Waals surface area contributed by atoms with E-state index in [-0.39, 0.29) is 57.1 Å². The van der Waals surface area contributed by atoms with E-state index in [1.165, 1.54) is 62.4 Å². The smallest absolute Gasteiger partial charge is 0.322 e. The molecule has 39 heteroatoms. The van der Waals surface area contributed by atoms with Crippen LogP contribution in [-0.2, 0) is 80.8 Å². The molecule has 0 fully saturated rings. The number of rotatable bonds is 18. The van der Waals surface area contributed by atoms with Crippen molar-refractivity contribution in [3.8, 4) is 0 Å². The van der Waals surface area contributed by atoms with E-state index in [2.05, 4.69) is 21.3 Å². The topological polar surface area (TPSA) is 518 Å². The van der Waals surface area contributed by atoms with Crippen molar-refractivity contribution in [1.82, 2.24) is 0 Å². The van der Waals surface area contributed by atoms with Crippen LogP contribution < -0.4 is 30.7 Å². The molecule has 0 aliphatic carbocycles. The molecule has 0 heterocycles. The molecular formula is C51H44N6O25S8. The minimum Gasteiger partial charge on any atom is -0.322 e. The Kier molecular flexibility index (Phi) is 17.7. The number of hydrogen-bond donors (Lipinski definition) is 12. The molecule has 90 heavy (non-hydrogen) atoms. The van der Waals surface area contributed by atoms with Gasteiger partial charge in [-0.1, -0.05) is 24.3 Å². The molecule has 31 nitrogen and oxygen atoms in total. The first-order valence-corrected chi connectivity index (χ1v) is 36.1. The lowest BCUT2D eigenvalue weighted by Crippen LogP contribution is -2.22. The van der Waals surface area contributed by atoms with Crippen LogP contribution in [0, 0.1) is 27.7 Å². The zero-order valence-corrected chi connectivity index (χ0v) is 52.3. The van der Waals surface area contributed by atoms with Gasteiger partial charge in [0.1, 0.15) is 19.6 Å². The SMILES string of the molecule is Cc1ccc(C(=O)Nc2cc(S(=O)(=O)Nc3ccc(S(=O)(=O)O)c4cc(S(=O)(=O)O)cc(S(=O)(=O)O)c34)ccc2C)cc1NC(=O)Nc1cc(C(=O)Nc2cc(S(=O)(=O)Nc3ccc(S(=O)(=O)O)c4cc(S(=O)(=O)O)cc(S(=O)(=O)O)c34)ccc2C)ccc1C. The number of sulfonamides is 2. The lowest BCUT2D eigenvalue weighted by molar-refractivity contribution is 0.101. The van der Waals surface area contributed by atoms with E-state index in [0.29, 0.717) is 47.5 Å². The normalized spacial score (nSPS) is 12.7. The van der Waals surface area contributed by atoms with Crippen molar-refractivity contribution < 1.29 is 109 Å². The maximum absolute atomic E-state index is 13.9. The van der Waals surface area contributed by atoms with Gasteiger partial charge in [-0.25, -0.2) is 21.6 Å². The predicted molar refractivity (Wildman–Crippen MR) is 322 cm³/mol. The Morgan fingerprint density at radius 2 is 0.600 bits per heavy atom. The Labute approximate surface area is 512 Å². The highest BCUT2D eigenvalue weighted by atomic mass is 32.2. The van der Waals surface area contributed by atoms with Crippen molar-refractivity contribution in [2.45, 2.75) is 66.9 Å². The summed E-state index contributed by atoms with van der Waals surface area (Å²) in [6.45, 7) is 6.08. The van der Waals surface area contributed by atoms with Gasteiger partial charge < -0.3 is 21.3 Å². The van der Waals surface area contributed by atoms with Gasteiger partial charge in [0.25, 0.3) is 92.6 Å². The summed E-state index contributed by atoms with van der Waals surface area (Å²) in [5.41, 5.74) is -0.466. The largest absolute Gasteiger partial charge is 0.323 e. The van der Waals surface area contributed by atoms with Crippen LogP contribution in [0.3, 0.4) is 0 Å². The average molecular weight is 1400 g/mol. The van der Waals surface area contributed by atoms with E-state index in [0.717, 1.165) is 24.3 Å². The van der Waals surface area contributed by atoms with Gasteiger partial charge in [-0.15, -0.1) is 0 Å². The Balaban J connectivity index is 0.992.